The van der Waals surface area contributed by atoms with E-state index in [1.165, 1.54) is 4.90 Å². The molecular formula is C21H25ClF3N3O. The number of halogens is 4. The first-order valence-corrected chi connectivity index (χ1v) is 9.72. The molecular weight excluding hydrogens is 403 g/mol. The number of alkyl halides is 3. The Hall–Kier alpha value is -1.83. The number of carbonyl (C=O) groups is 1. The normalized spacial score (nSPS) is 23.3. The zero-order valence-electron chi connectivity index (χ0n) is 15.9. The molecule has 0 aromatic heterocycles. The molecule has 2 aromatic rings. The van der Waals surface area contributed by atoms with Crippen molar-refractivity contribution in [3.05, 3.63) is 48.0 Å². The first kappa shape index (κ1) is 21.9. The van der Waals surface area contributed by atoms with Crippen molar-refractivity contribution in [3.63, 3.8) is 0 Å². The van der Waals surface area contributed by atoms with Crippen molar-refractivity contribution in [2.75, 3.05) is 32.7 Å². The van der Waals surface area contributed by atoms with E-state index in [1.54, 1.807) is 0 Å². The second kappa shape index (κ2) is 8.90. The minimum Gasteiger partial charge on any atom is -0.354 e. The van der Waals surface area contributed by atoms with E-state index in [4.69, 9.17) is 0 Å². The Kier molecular flexibility index (Phi) is 6.71. The quantitative estimate of drug-likeness (QED) is 0.769. The molecule has 1 heterocycles. The average Bonchev–Trinajstić information content (AvgIpc) is 3.48. The van der Waals surface area contributed by atoms with Crippen LogP contribution in [0.25, 0.3) is 10.8 Å². The first-order chi connectivity index (χ1) is 13.4. The summed E-state index contributed by atoms with van der Waals surface area (Å²) in [5.41, 5.74) is 1.10. The molecule has 2 N–H and O–H groups in total. The summed E-state index contributed by atoms with van der Waals surface area (Å²) in [5.74, 6) is -0.445. The molecule has 1 aliphatic carbocycles. The molecule has 0 radical (unpaired) electrons. The van der Waals surface area contributed by atoms with Crippen LogP contribution in [0.15, 0.2) is 42.5 Å². The van der Waals surface area contributed by atoms with Gasteiger partial charge >= 0.3 is 6.18 Å². The predicted octanol–water partition coefficient (Wildman–Crippen LogP) is 3.32. The second-order valence-electron chi connectivity index (χ2n) is 7.61. The molecule has 1 amide bonds. The Morgan fingerprint density at radius 2 is 1.83 bits per heavy atom. The van der Waals surface area contributed by atoms with Gasteiger partial charge in [0, 0.05) is 38.6 Å². The van der Waals surface area contributed by atoms with Gasteiger partial charge in [-0.05, 0) is 28.7 Å². The molecule has 3 unspecified atom stereocenters. The minimum atomic E-state index is -4.36. The highest BCUT2D eigenvalue weighted by Gasteiger charge is 2.47. The number of piperazine rings is 1. The van der Waals surface area contributed by atoms with Gasteiger partial charge in [0.1, 0.15) is 6.04 Å². The highest BCUT2D eigenvalue weighted by molar-refractivity contribution is 5.89. The van der Waals surface area contributed by atoms with Gasteiger partial charge in [-0.2, -0.15) is 13.2 Å². The maximum Gasteiger partial charge on any atom is 0.405 e. The molecule has 1 aliphatic heterocycles. The molecule has 1 saturated heterocycles. The van der Waals surface area contributed by atoms with Crippen LogP contribution in [0.1, 0.15) is 17.9 Å². The number of nitrogens with zero attached hydrogens (tertiary/aromatic N) is 1. The molecule has 29 heavy (non-hydrogen) atoms. The lowest BCUT2D eigenvalue weighted by Crippen LogP contribution is -2.57. The van der Waals surface area contributed by atoms with Gasteiger partial charge in [-0.1, -0.05) is 42.5 Å². The number of nitrogens with one attached hydrogen (secondary N) is 2. The maximum atomic E-state index is 13.5. The van der Waals surface area contributed by atoms with E-state index in [0.717, 1.165) is 16.3 Å². The Bertz CT molecular complexity index is 849. The highest BCUT2D eigenvalue weighted by Crippen LogP contribution is 2.49. The molecule has 8 heteroatoms. The van der Waals surface area contributed by atoms with E-state index < -0.39 is 12.2 Å². The van der Waals surface area contributed by atoms with Crippen molar-refractivity contribution in [2.24, 2.45) is 5.92 Å². The monoisotopic (exact) mass is 427 g/mol. The van der Waals surface area contributed by atoms with Crippen molar-refractivity contribution < 1.29 is 18.0 Å². The van der Waals surface area contributed by atoms with Gasteiger partial charge < -0.3 is 10.6 Å². The summed E-state index contributed by atoms with van der Waals surface area (Å²) in [6, 6.07) is 12.4. The first-order valence-electron chi connectivity index (χ1n) is 9.72. The Balaban J connectivity index is 0.00000240. The lowest BCUT2D eigenvalue weighted by molar-refractivity contribution is -0.184. The van der Waals surface area contributed by atoms with Gasteiger partial charge in [0.2, 0.25) is 5.91 Å². The van der Waals surface area contributed by atoms with Crippen molar-refractivity contribution in [1.29, 1.82) is 0 Å². The third kappa shape index (κ3) is 4.85. The smallest absolute Gasteiger partial charge is 0.354 e. The topological polar surface area (TPSA) is 44.4 Å². The van der Waals surface area contributed by atoms with Crippen LogP contribution in [-0.2, 0) is 4.79 Å². The number of hydrogen-bond acceptors (Lipinski definition) is 3. The van der Waals surface area contributed by atoms with Crippen molar-refractivity contribution in [2.45, 2.75) is 24.6 Å². The lowest BCUT2D eigenvalue weighted by Gasteiger charge is -2.35. The summed E-state index contributed by atoms with van der Waals surface area (Å²) < 4.78 is 40.4. The lowest BCUT2D eigenvalue weighted by atomic mass is 10.00. The number of amides is 1. The van der Waals surface area contributed by atoms with Crippen LogP contribution in [-0.4, -0.2) is 55.7 Å². The molecule has 4 rings (SSSR count). The molecule has 2 aromatic carbocycles. The minimum absolute atomic E-state index is 0. The van der Waals surface area contributed by atoms with Crippen LogP contribution in [0.2, 0.25) is 0 Å². The largest absolute Gasteiger partial charge is 0.405 e. The van der Waals surface area contributed by atoms with Gasteiger partial charge in [0.15, 0.2) is 0 Å². The Morgan fingerprint density at radius 3 is 2.55 bits per heavy atom. The average molecular weight is 428 g/mol. The number of fused-ring (bicyclic) bond motifs is 1. The van der Waals surface area contributed by atoms with E-state index >= 15 is 0 Å². The van der Waals surface area contributed by atoms with E-state index in [2.05, 4.69) is 10.6 Å². The van der Waals surface area contributed by atoms with Gasteiger partial charge in [0.05, 0.1) is 0 Å². The summed E-state index contributed by atoms with van der Waals surface area (Å²) in [5, 5.41) is 7.85. The maximum absolute atomic E-state index is 13.5. The van der Waals surface area contributed by atoms with E-state index in [9.17, 15) is 18.0 Å². The second-order valence-corrected chi connectivity index (χ2v) is 7.61. The van der Waals surface area contributed by atoms with Crippen LogP contribution in [0.5, 0.6) is 0 Å². The zero-order chi connectivity index (χ0) is 19.7. The van der Waals surface area contributed by atoms with E-state index in [-0.39, 0.29) is 36.7 Å². The molecule has 1 saturated carbocycles. The highest BCUT2D eigenvalue weighted by atomic mass is 35.5. The standard InChI is InChI=1S/C21H24F3N3O.ClH/c22-21(23,24)19(27-10-8-25-9-11-27)13-26-20(28)18-12-17(18)16-7-3-5-14-4-1-2-6-15(14)16;/h1-7,17-19,25H,8-13H2,(H,26,28);1H. The SMILES string of the molecule is Cl.O=C(NCC(N1CCNCC1)C(F)(F)F)C1CC1c1cccc2ccccc12. The summed E-state index contributed by atoms with van der Waals surface area (Å²) in [4.78, 5) is 13.9. The molecule has 4 nitrogen and oxygen atoms in total. The van der Waals surface area contributed by atoms with Crippen LogP contribution in [0, 0.1) is 5.92 Å². The predicted molar refractivity (Wildman–Crippen MR) is 109 cm³/mol. The number of hydrogen-bond donors (Lipinski definition) is 2. The van der Waals surface area contributed by atoms with Gasteiger partial charge in [0.25, 0.3) is 0 Å². The third-order valence-corrected chi connectivity index (χ3v) is 5.79. The molecule has 0 bridgehead atoms. The number of benzene rings is 2. The zero-order valence-corrected chi connectivity index (χ0v) is 16.7. The number of rotatable bonds is 5. The third-order valence-electron chi connectivity index (χ3n) is 5.79. The summed E-state index contributed by atoms with van der Waals surface area (Å²) in [6.07, 6.45) is -3.67. The molecule has 2 fully saturated rings. The molecule has 0 spiro atoms. The van der Waals surface area contributed by atoms with Crippen molar-refractivity contribution in [3.8, 4) is 0 Å². The van der Waals surface area contributed by atoms with Crippen LogP contribution in [0.4, 0.5) is 13.2 Å². The summed E-state index contributed by atoms with van der Waals surface area (Å²) in [6.45, 7) is 1.35. The fourth-order valence-electron chi connectivity index (χ4n) is 4.18. The Morgan fingerprint density at radius 1 is 1.14 bits per heavy atom. The van der Waals surface area contributed by atoms with Gasteiger partial charge in [-0.25, -0.2) is 0 Å². The molecule has 3 atom stereocenters. The van der Waals surface area contributed by atoms with Crippen LogP contribution >= 0.6 is 12.4 Å². The molecule has 2 aliphatic rings. The van der Waals surface area contributed by atoms with E-state index in [1.807, 2.05) is 42.5 Å². The van der Waals surface area contributed by atoms with Gasteiger partial charge in [-0.15, -0.1) is 12.4 Å². The summed E-state index contributed by atoms with van der Waals surface area (Å²) >= 11 is 0. The summed E-state index contributed by atoms with van der Waals surface area (Å²) in [7, 11) is 0. The Labute approximate surface area is 174 Å². The van der Waals surface area contributed by atoms with Crippen molar-refractivity contribution >= 4 is 29.1 Å². The fourth-order valence-corrected chi connectivity index (χ4v) is 4.18. The molecule has 158 valence electrons. The van der Waals surface area contributed by atoms with Crippen molar-refractivity contribution in [1.82, 2.24) is 15.5 Å². The fraction of sp³-hybridized carbons (Fsp3) is 0.476. The van der Waals surface area contributed by atoms with Gasteiger partial charge in [-0.3, -0.25) is 9.69 Å². The van der Waals surface area contributed by atoms with E-state index in [0.29, 0.717) is 32.6 Å². The van der Waals surface area contributed by atoms with Crippen LogP contribution < -0.4 is 10.6 Å². The number of carbonyl (C=O) groups excluding carboxylic acids is 1. The van der Waals surface area contributed by atoms with Crippen LogP contribution in [0.3, 0.4) is 0 Å².